The fraction of sp³-hybridized carbons (Fsp3) is 0.154. The zero-order valence-electron chi connectivity index (χ0n) is 16.7. The van der Waals surface area contributed by atoms with Crippen LogP contribution in [0.4, 0.5) is 0 Å². The van der Waals surface area contributed by atoms with E-state index in [0.29, 0.717) is 0 Å². The first-order valence-corrected chi connectivity index (χ1v) is 9.83. The summed E-state index contributed by atoms with van der Waals surface area (Å²) >= 11 is 0. The van der Waals surface area contributed by atoms with E-state index in [1.165, 1.54) is 5.56 Å². The molecular weight excluding hydrogens is 358 g/mol. The lowest BCUT2D eigenvalue weighted by Gasteiger charge is -2.27. The van der Waals surface area contributed by atoms with Crippen LogP contribution in [0.1, 0.15) is 35.7 Å². The zero-order chi connectivity index (χ0) is 20.2. The van der Waals surface area contributed by atoms with E-state index in [1.807, 2.05) is 54.6 Å². The molecule has 0 fully saturated rings. The number of para-hydroxylation sites is 1. The van der Waals surface area contributed by atoms with Gasteiger partial charge in [-0.25, -0.2) is 0 Å². The van der Waals surface area contributed by atoms with Crippen LogP contribution in [0.2, 0.25) is 0 Å². The summed E-state index contributed by atoms with van der Waals surface area (Å²) in [6, 6.07) is 30.0. The standard InChI is InChI=1S/C26H25NO2/c1-18(19-10-4-3-5-11-19)27-26(22-14-8-9-15-24(22)29-2)25-21-13-7-6-12-20(21)16-17-23(25)28/h3-18,26-28H,1-2H3/t18-,26-/m0/s1. The molecule has 0 saturated heterocycles. The molecule has 0 bridgehead atoms. The van der Waals surface area contributed by atoms with Gasteiger partial charge in [-0.2, -0.15) is 0 Å². The molecule has 3 nitrogen and oxygen atoms in total. The molecule has 4 rings (SSSR count). The molecule has 2 N–H and O–H groups in total. The van der Waals surface area contributed by atoms with Crippen molar-refractivity contribution >= 4 is 10.8 Å². The summed E-state index contributed by atoms with van der Waals surface area (Å²) in [5.41, 5.74) is 3.03. The number of rotatable bonds is 6. The van der Waals surface area contributed by atoms with Crippen molar-refractivity contribution in [2.24, 2.45) is 0 Å². The van der Waals surface area contributed by atoms with Crippen molar-refractivity contribution in [2.45, 2.75) is 19.0 Å². The SMILES string of the molecule is COc1ccccc1[C@H](N[C@@H](C)c1ccccc1)c1c(O)ccc2ccccc12. The quantitative estimate of drug-likeness (QED) is 0.429. The van der Waals surface area contributed by atoms with Gasteiger partial charge < -0.3 is 9.84 Å². The van der Waals surface area contributed by atoms with E-state index in [-0.39, 0.29) is 17.8 Å². The molecule has 0 spiro atoms. The second-order valence-electron chi connectivity index (χ2n) is 7.19. The Morgan fingerprint density at radius 3 is 2.28 bits per heavy atom. The van der Waals surface area contributed by atoms with Crippen LogP contribution in [-0.4, -0.2) is 12.2 Å². The summed E-state index contributed by atoms with van der Waals surface area (Å²) in [6.07, 6.45) is 0. The van der Waals surface area contributed by atoms with E-state index in [4.69, 9.17) is 4.74 Å². The molecule has 29 heavy (non-hydrogen) atoms. The molecule has 0 radical (unpaired) electrons. The van der Waals surface area contributed by atoms with Gasteiger partial charge in [-0.1, -0.05) is 78.9 Å². The Hall–Kier alpha value is -3.30. The number of hydrogen-bond donors (Lipinski definition) is 2. The molecule has 0 unspecified atom stereocenters. The number of hydrogen-bond acceptors (Lipinski definition) is 3. The Bertz CT molecular complexity index is 1110. The minimum atomic E-state index is -0.243. The van der Waals surface area contributed by atoms with E-state index in [1.54, 1.807) is 13.2 Å². The second-order valence-corrected chi connectivity index (χ2v) is 7.19. The minimum absolute atomic E-state index is 0.0736. The molecular formula is C26H25NO2. The molecule has 0 aromatic heterocycles. The van der Waals surface area contributed by atoms with Gasteiger partial charge in [0.2, 0.25) is 0 Å². The number of methoxy groups -OCH3 is 1. The molecule has 0 aliphatic carbocycles. The maximum absolute atomic E-state index is 10.9. The lowest BCUT2D eigenvalue weighted by Crippen LogP contribution is -2.26. The van der Waals surface area contributed by atoms with Gasteiger partial charge in [0.25, 0.3) is 0 Å². The van der Waals surface area contributed by atoms with Gasteiger partial charge in [0.1, 0.15) is 11.5 Å². The highest BCUT2D eigenvalue weighted by atomic mass is 16.5. The normalized spacial score (nSPS) is 13.2. The third-order valence-electron chi connectivity index (χ3n) is 5.40. The molecule has 2 atom stereocenters. The van der Waals surface area contributed by atoms with Crippen LogP contribution in [0, 0.1) is 0 Å². The van der Waals surface area contributed by atoms with Crippen LogP contribution < -0.4 is 10.1 Å². The van der Waals surface area contributed by atoms with Crippen molar-refractivity contribution < 1.29 is 9.84 Å². The van der Waals surface area contributed by atoms with Gasteiger partial charge in [-0.05, 0) is 35.4 Å². The first-order chi connectivity index (χ1) is 14.2. The third kappa shape index (κ3) is 3.82. The predicted octanol–water partition coefficient (Wildman–Crippen LogP) is 5.99. The number of phenols is 1. The smallest absolute Gasteiger partial charge is 0.123 e. The van der Waals surface area contributed by atoms with E-state index < -0.39 is 0 Å². The number of phenolic OH excluding ortho intramolecular Hbond substituents is 1. The molecule has 0 saturated carbocycles. The number of aromatic hydroxyl groups is 1. The van der Waals surface area contributed by atoms with Crippen molar-refractivity contribution in [1.29, 1.82) is 0 Å². The molecule has 0 amide bonds. The first kappa shape index (κ1) is 19.0. The van der Waals surface area contributed by atoms with Gasteiger partial charge in [0.05, 0.1) is 13.2 Å². The predicted molar refractivity (Wildman–Crippen MR) is 118 cm³/mol. The lowest BCUT2D eigenvalue weighted by atomic mass is 9.91. The first-order valence-electron chi connectivity index (χ1n) is 9.83. The Balaban J connectivity index is 1.89. The van der Waals surface area contributed by atoms with E-state index in [2.05, 4.69) is 42.6 Å². The highest BCUT2D eigenvalue weighted by molar-refractivity contribution is 5.88. The third-order valence-corrected chi connectivity index (χ3v) is 5.40. The molecule has 0 aliphatic heterocycles. The largest absolute Gasteiger partial charge is 0.508 e. The Kier molecular flexibility index (Phi) is 5.50. The van der Waals surface area contributed by atoms with Gasteiger partial charge >= 0.3 is 0 Å². The monoisotopic (exact) mass is 383 g/mol. The van der Waals surface area contributed by atoms with E-state index in [0.717, 1.165) is 27.6 Å². The van der Waals surface area contributed by atoms with Crippen LogP contribution in [0.25, 0.3) is 10.8 Å². The highest BCUT2D eigenvalue weighted by Gasteiger charge is 2.25. The number of ether oxygens (including phenoxy) is 1. The van der Waals surface area contributed by atoms with Crippen LogP contribution >= 0.6 is 0 Å². The Labute approximate surface area is 171 Å². The molecule has 146 valence electrons. The summed E-state index contributed by atoms with van der Waals surface area (Å²) < 4.78 is 5.67. The van der Waals surface area contributed by atoms with E-state index >= 15 is 0 Å². The van der Waals surface area contributed by atoms with Crippen LogP contribution in [-0.2, 0) is 0 Å². The summed E-state index contributed by atoms with van der Waals surface area (Å²) in [4.78, 5) is 0. The van der Waals surface area contributed by atoms with Crippen molar-refractivity contribution in [2.75, 3.05) is 7.11 Å². The van der Waals surface area contributed by atoms with Crippen molar-refractivity contribution in [3.05, 3.63) is 108 Å². The molecule has 0 aliphatic rings. The number of benzene rings is 4. The molecule has 4 aromatic carbocycles. The summed E-state index contributed by atoms with van der Waals surface area (Å²) in [5, 5.41) is 16.8. The number of nitrogens with one attached hydrogen (secondary N) is 1. The fourth-order valence-corrected chi connectivity index (χ4v) is 3.91. The maximum atomic E-state index is 10.9. The minimum Gasteiger partial charge on any atom is -0.508 e. The summed E-state index contributed by atoms with van der Waals surface area (Å²) in [5.74, 6) is 1.06. The van der Waals surface area contributed by atoms with Crippen molar-refractivity contribution in [3.8, 4) is 11.5 Å². The maximum Gasteiger partial charge on any atom is 0.123 e. The lowest BCUT2D eigenvalue weighted by molar-refractivity contribution is 0.397. The molecule has 3 heteroatoms. The average molecular weight is 383 g/mol. The summed E-state index contributed by atoms with van der Waals surface area (Å²) in [6.45, 7) is 2.14. The van der Waals surface area contributed by atoms with Crippen LogP contribution in [0.3, 0.4) is 0 Å². The Morgan fingerprint density at radius 2 is 1.48 bits per heavy atom. The van der Waals surface area contributed by atoms with Gasteiger partial charge in [0, 0.05) is 17.2 Å². The van der Waals surface area contributed by atoms with Crippen molar-refractivity contribution in [3.63, 3.8) is 0 Å². The number of fused-ring (bicyclic) bond motifs is 1. The summed E-state index contributed by atoms with van der Waals surface area (Å²) in [7, 11) is 1.68. The van der Waals surface area contributed by atoms with Gasteiger partial charge in [-0.15, -0.1) is 0 Å². The zero-order valence-corrected chi connectivity index (χ0v) is 16.7. The molecule has 4 aromatic rings. The van der Waals surface area contributed by atoms with E-state index in [9.17, 15) is 5.11 Å². The fourth-order valence-electron chi connectivity index (χ4n) is 3.91. The van der Waals surface area contributed by atoms with Crippen LogP contribution in [0.5, 0.6) is 11.5 Å². The van der Waals surface area contributed by atoms with Crippen molar-refractivity contribution in [1.82, 2.24) is 5.32 Å². The highest BCUT2D eigenvalue weighted by Crippen LogP contribution is 2.40. The van der Waals surface area contributed by atoms with Gasteiger partial charge in [-0.3, -0.25) is 5.32 Å². The molecule has 0 heterocycles. The topological polar surface area (TPSA) is 41.5 Å². The second kappa shape index (κ2) is 8.38. The van der Waals surface area contributed by atoms with Crippen LogP contribution in [0.15, 0.2) is 91.0 Å². The van der Waals surface area contributed by atoms with Gasteiger partial charge in [0.15, 0.2) is 0 Å². The average Bonchev–Trinajstić information content (AvgIpc) is 2.78. The Morgan fingerprint density at radius 1 is 0.793 bits per heavy atom.